The lowest BCUT2D eigenvalue weighted by Crippen LogP contribution is -2.48. The molecule has 2 aliphatic heterocycles. The van der Waals surface area contributed by atoms with Gasteiger partial charge in [0, 0.05) is 56.6 Å². The summed E-state index contributed by atoms with van der Waals surface area (Å²) in [7, 11) is 0. The lowest BCUT2D eigenvalue weighted by molar-refractivity contribution is 0.128. The van der Waals surface area contributed by atoms with Crippen molar-refractivity contribution >= 4 is 11.6 Å². The molecular formula is C15H21ClN2O. The smallest absolute Gasteiger partial charge is 0.122 e. The third kappa shape index (κ3) is 3.04. The van der Waals surface area contributed by atoms with Crippen molar-refractivity contribution in [1.29, 1.82) is 0 Å². The molecule has 1 fully saturated rings. The lowest BCUT2D eigenvalue weighted by atomic mass is 10.0. The van der Waals surface area contributed by atoms with Gasteiger partial charge in [-0.1, -0.05) is 18.2 Å². The van der Waals surface area contributed by atoms with Gasteiger partial charge in [0.25, 0.3) is 0 Å². The van der Waals surface area contributed by atoms with Crippen LogP contribution in [0.3, 0.4) is 0 Å². The maximum Gasteiger partial charge on any atom is 0.122 e. The molecule has 1 aromatic rings. The van der Waals surface area contributed by atoms with E-state index in [0.717, 1.165) is 57.5 Å². The Morgan fingerprint density at radius 3 is 2.63 bits per heavy atom. The van der Waals surface area contributed by atoms with Crippen LogP contribution < -0.4 is 4.74 Å². The summed E-state index contributed by atoms with van der Waals surface area (Å²) in [6, 6.07) is 8.44. The molecule has 0 saturated carbocycles. The van der Waals surface area contributed by atoms with E-state index in [1.54, 1.807) is 0 Å². The van der Waals surface area contributed by atoms with Gasteiger partial charge in [-0.2, -0.15) is 0 Å². The number of halogens is 1. The second kappa shape index (κ2) is 6.12. The summed E-state index contributed by atoms with van der Waals surface area (Å²) in [6.07, 6.45) is 0. The summed E-state index contributed by atoms with van der Waals surface area (Å²) in [5.41, 5.74) is 1.38. The first kappa shape index (κ1) is 13.2. The van der Waals surface area contributed by atoms with E-state index in [1.165, 1.54) is 5.56 Å². The monoisotopic (exact) mass is 280 g/mol. The number of ether oxygens (including phenoxy) is 1. The molecule has 19 heavy (non-hydrogen) atoms. The Bertz CT molecular complexity index is 418. The van der Waals surface area contributed by atoms with Crippen LogP contribution in [0.4, 0.5) is 0 Å². The van der Waals surface area contributed by atoms with Crippen LogP contribution in [0.25, 0.3) is 0 Å². The Kier molecular flexibility index (Phi) is 4.26. The Labute approximate surface area is 120 Å². The van der Waals surface area contributed by atoms with Crippen molar-refractivity contribution in [2.75, 3.05) is 51.8 Å². The SMILES string of the molecule is ClCCN1CCN(CC2COc3ccccc32)CC1. The summed E-state index contributed by atoms with van der Waals surface area (Å²) in [6.45, 7) is 7.55. The predicted molar refractivity (Wildman–Crippen MR) is 78.3 cm³/mol. The van der Waals surface area contributed by atoms with Gasteiger partial charge < -0.3 is 9.64 Å². The van der Waals surface area contributed by atoms with Gasteiger partial charge in [0.05, 0.1) is 6.61 Å². The molecule has 1 aromatic carbocycles. The number of benzene rings is 1. The van der Waals surface area contributed by atoms with E-state index >= 15 is 0 Å². The van der Waals surface area contributed by atoms with E-state index in [1.807, 2.05) is 6.07 Å². The van der Waals surface area contributed by atoms with Crippen LogP contribution in [0.1, 0.15) is 11.5 Å². The highest BCUT2D eigenvalue weighted by Crippen LogP contribution is 2.33. The number of piperazine rings is 1. The summed E-state index contributed by atoms with van der Waals surface area (Å²) in [4.78, 5) is 5.00. The first-order valence-electron chi connectivity index (χ1n) is 7.09. The number of nitrogens with zero attached hydrogens (tertiary/aromatic N) is 2. The molecule has 0 aromatic heterocycles. The number of hydrogen-bond acceptors (Lipinski definition) is 3. The van der Waals surface area contributed by atoms with Crippen molar-refractivity contribution in [3.8, 4) is 5.75 Å². The minimum Gasteiger partial charge on any atom is -0.493 e. The van der Waals surface area contributed by atoms with Crippen LogP contribution >= 0.6 is 11.6 Å². The highest BCUT2D eigenvalue weighted by molar-refractivity contribution is 6.18. The van der Waals surface area contributed by atoms with Crippen molar-refractivity contribution in [3.63, 3.8) is 0 Å². The maximum atomic E-state index is 5.79. The molecule has 0 radical (unpaired) electrons. The van der Waals surface area contributed by atoms with Crippen LogP contribution in [0.5, 0.6) is 5.75 Å². The molecule has 1 saturated heterocycles. The average Bonchev–Trinajstić information content (AvgIpc) is 2.85. The van der Waals surface area contributed by atoms with E-state index in [9.17, 15) is 0 Å². The van der Waals surface area contributed by atoms with E-state index in [4.69, 9.17) is 16.3 Å². The zero-order valence-electron chi connectivity index (χ0n) is 11.2. The summed E-state index contributed by atoms with van der Waals surface area (Å²) in [5, 5.41) is 0. The Hall–Kier alpha value is -0.770. The fourth-order valence-electron chi connectivity index (χ4n) is 3.01. The molecule has 1 unspecified atom stereocenters. The highest BCUT2D eigenvalue weighted by atomic mass is 35.5. The molecule has 3 rings (SSSR count). The molecule has 0 spiro atoms. The molecule has 0 amide bonds. The maximum absolute atomic E-state index is 5.79. The third-order valence-corrected chi connectivity index (χ3v) is 4.31. The molecule has 104 valence electrons. The number of rotatable bonds is 4. The second-order valence-electron chi connectivity index (χ2n) is 5.38. The van der Waals surface area contributed by atoms with Gasteiger partial charge in [-0.3, -0.25) is 4.90 Å². The normalized spacial score (nSPS) is 24.2. The van der Waals surface area contributed by atoms with Crippen LogP contribution in [-0.2, 0) is 0 Å². The Morgan fingerprint density at radius 2 is 1.84 bits per heavy atom. The number of fused-ring (bicyclic) bond motifs is 1. The van der Waals surface area contributed by atoms with Gasteiger partial charge in [-0.05, 0) is 6.07 Å². The molecule has 1 atom stereocenters. The molecular weight excluding hydrogens is 260 g/mol. The molecule has 0 aliphatic carbocycles. The van der Waals surface area contributed by atoms with Crippen LogP contribution in [0, 0.1) is 0 Å². The first-order chi connectivity index (χ1) is 9.36. The molecule has 2 aliphatic rings. The lowest BCUT2D eigenvalue weighted by Gasteiger charge is -2.35. The van der Waals surface area contributed by atoms with E-state index < -0.39 is 0 Å². The summed E-state index contributed by atoms with van der Waals surface area (Å²) in [5.74, 6) is 2.35. The van der Waals surface area contributed by atoms with Gasteiger partial charge in [-0.15, -0.1) is 11.6 Å². The highest BCUT2D eigenvalue weighted by Gasteiger charge is 2.27. The van der Waals surface area contributed by atoms with Crippen molar-refractivity contribution in [1.82, 2.24) is 9.80 Å². The largest absolute Gasteiger partial charge is 0.493 e. The minimum atomic E-state index is 0.538. The van der Waals surface area contributed by atoms with Crippen molar-refractivity contribution in [3.05, 3.63) is 29.8 Å². The third-order valence-electron chi connectivity index (χ3n) is 4.14. The first-order valence-corrected chi connectivity index (χ1v) is 7.62. The number of para-hydroxylation sites is 1. The van der Waals surface area contributed by atoms with Crippen LogP contribution in [0.2, 0.25) is 0 Å². The number of alkyl halides is 1. The zero-order chi connectivity index (χ0) is 13.1. The van der Waals surface area contributed by atoms with E-state index in [2.05, 4.69) is 28.0 Å². The minimum absolute atomic E-state index is 0.538. The van der Waals surface area contributed by atoms with Gasteiger partial charge >= 0.3 is 0 Å². The van der Waals surface area contributed by atoms with Gasteiger partial charge in [0.15, 0.2) is 0 Å². The Morgan fingerprint density at radius 1 is 1.11 bits per heavy atom. The van der Waals surface area contributed by atoms with Crippen molar-refractivity contribution in [2.45, 2.75) is 5.92 Å². The van der Waals surface area contributed by atoms with Gasteiger partial charge in [-0.25, -0.2) is 0 Å². The molecule has 2 heterocycles. The predicted octanol–water partition coefficient (Wildman–Crippen LogP) is 2.02. The van der Waals surface area contributed by atoms with E-state index in [0.29, 0.717) is 5.92 Å². The quantitative estimate of drug-likeness (QED) is 0.785. The van der Waals surface area contributed by atoms with Crippen molar-refractivity contribution < 1.29 is 4.74 Å². The van der Waals surface area contributed by atoms with Crippen LogP contribution in [0.15, 0.2) is 24.3 Å². The standard InChI is InChI=1S/C15H21ClN2O/c16-5-6-17-7-9-18(10-8-17)11-13-12-19-15-4-2-1-3-14(13)15/h1-4,13H,5-12H2. The van der Waals surface area contributed by atoms with Gasteiger partial charge in [0.1, 0.15) is 5.75 Å². The molecule has 3 nitrogen and oxygen atoms in total. The van der Waals surface area contributed by atoms with Crippen LogP contribution in [-0.4, -0.2) is 61.6 Å². The fraction of sp³-hybridized carbons (Fsp3) is 0.600. The van der Waals surface area contributed by atoms with Gasteiger partial charge in [0.2, 0.25) is 0 Å². The fourth-order valence-corrected chi connectivity index (χ4v) is 3.25. The molecule has 0 bridgehead atoms. The molecule has 4 heteroatoms. The number of hydrogen-bond donors (Lipinski definition) is 0. The zero-order valence-corrected chi connectivity index (χ0v) is 12.0. The topological polar surface area (TPSA) is 15.7 Å². The Balaban J connectivity index is 1.54. The van der Waals surface area contributed by atoms with Crippen molar-refractivity contribution in [2.24, 2.45) is 0 Å². The molecule has 0 N–H and O–H groups in total. The second-order valence-corrected chi connectivity index (χ2v) is 5.75. The summed E-state index contributed by atoms with van der Waals surface area (Å²) >= 11 is 5.79. The summed E-state index contributed by atoms with van der Waals surface area (Å²) < 4.78 is 5.76. The van der Waals surface area contributed by atoms with E-state index in [-0.39, 0.29) is 0 Å². The average molecular weight is 281 g/mol.